The van der Waals surface area contributed by atoms with Gasteiger partial charge in [0.2, 0.25) is 0 Å². The van der Waals surface area contributed by atoms with Crippen molar-refractivity contribution in [3.05, 3.63) is 0 Å². The molecule has 1 nitrogen and oxygen atoms in total. The molecule has 0 unspecified atom stereocenters. The van der Waals surface area contributed by atoms with Crippen LogP contribution in [0.25, 0.3) is 0 Å². The van der Waals surface area contributed by atoms with Crippen LogP contribution in [0.1, 0.15) is 21.2 Å². The molecule has 1 rings (SSSR count). The zero-order valence-corrected chi connectivity index (χ0v) is 6.36. The Morgan fingerprint density at radius 2 is 1.83 bits per heavy atom. The van der Waals surface area contributed by atoms with Crippen LogP contribution in [0.3, 0.4) is 0 Å². The van der Waals surface area contributed by atoms with Crippen molar-refractivity contribution >= 4 is 0 Å². The Bertz CT molecular complexity index is 49.7. The predicted molar refractivity (Wildman–Crippen MR) is 21.0 cm³/mol. The van der Waals surface area contributed by atoms with Gasteiger partial charge in [-0.3, -0.25) is 0 Å². The van der Waals surface area contributed by atoms with Gasteiger partial charge in [-0.05, 0) is 19.8 Å². The Morgan fingerprint density at radius 3 is 1.83 bits per heavy atom. The summed E-state index contributed by atoms with van der Waals surface area (Å²) in [5, 5.41) is 8.63. The van der Waals surface area contributed by atoms with Gasteiger partial charge >= 0.3 is 29.6 Å². The quantitative estimate of drug-likeness (QED) is 0.335. The average molecular weight is 96.1 g/mol. The van der Waals surface area contributed by atoms with Crippen LogP contribution >= 0.6 is 0 Å². The molecule has 1 saturated carbocycles. The van der Waals surface area contributed by atoms with Gasteiger partial charge in [0.05, 0.1) is 5.60 Å². The van der Waals surface area contributed by atoms with Crippen molar-refractivity contribution in [2.45, 2.75) is 25.4 Å². The summed E-state index contributed by atoms with van der Waals surface area (Å²) >= 11 is 0. The summed E-state index contributed by atoms with van der Waals surface area (Å²) in [6.07, 6.45) is 2.01. The number of hydrogen-bond acceptors (Lipinski definition) is 1. The second-order valence-electron chi connectivity index (χ2n) is 2.00. The molecule has 1 aliphatic rings. The van der Waals surface area contributed by atoms with E-state index in [-0.39, 0.29) is 36.6 Å². The first-order valence-electron chi connectivity index (χ1n) is 1.93. The van der Waals surface area contributed by atoms with Crippen molar-refractivity contribution < 1.29 is 36.1 Å². The molecule has 0 aliphatic heterocycles. The van der Waals surface area contributed by atoms with E-state index < -0.39 is 0 Å². The molecular formula is C4H9NaO. The molecule has 0 radical (unpaired) electrons. The van der Waals surface area contributed by atoms with Crippen molar-refractivity contribution in [3.63, 3.8) is 0 Å². The molecule has 0 amide bonds. The molecular weight excluding hydrogens is 87.0 g/mol. The van der Waals surface area contributed by atoms with Crippen LogP contribution < -0.4 is 29.6 Å². The van der Waals surface area contributed by atoms with Crippen LogP contribution in [0.4, 0.5) is 0 Å². The Kier molecular flexibility index (Phi) is 2.12. The van der Waals surface area contributed by atoms with Crippen molar-refractivity contribution in [3.8, 4) is 0 Å². The van der Waals surface area contributed by atoms with Crippen molar-refractivity contribution in [2.75, 3.05) is 0 Å². The topological polar surface area (TPSA) is 20.2 Å². The molecule has 0 aromatic rings. The second-order valence-corrected chi connectivity index (χ2v) is 2.00. The normalized spacial score (nSPS) is 25.0. The first kappa shape index (κ1) is 6.96. The third-order valence-electron chi connectivity index (χ3n) is 0.974. The first-order valence-corrected chi connectivity index (χ1v) is 1.93. The fourth-order valence-corrected chi connectivity index (χ4v) is 0.181. The summed E-state index contributed by atoms with van der Waals surface area (Å²) in [6.45, 7) is 1.85. The molecule has 0 spiro atoms. The molecule has 1 fully saturated rings. The van der Waals surface area contributed by atoms with Crippen molar-refractivity contribution in [2.24, 2.45) is 0 Å². The van der Waals surface area contributed by atoms with Gasteiger partial charge in [-0.2, -0.15) is 0 Å². The maximum atomic E-state index is 8.63. The van der Waals surface area contributed by atoms with Gasteiger partial charge in [0.25, 0.3) is 0 Å². The smallest absolute Gasteiger partial charge is 1.00 e. The Morgan fingerprint density at radius 1 is 1.67 bits per heavy atom. The molecule has 32 valence electrons. The summed E-state index contributed by atoms with van der Waals surface area (Å²) in [5.41, 5.74) is -0.250. The summed E-state index contributed by atoms with van der Waals surface area (Å²) in [5.74, 6) is 0. The van der Waals surface area contributed by atoms with E-state index in [2.05, 4.69) is 0 Å². The zero-order valence-electron chi connectivity index (χ0n) is 5.36. The van der Waals surface area contributed by atoms with Gasteiger partial charge < -0.3 is 6.53 Å². The van der Waals surface area contributed by atoms with Gasteiger partial charge in [0.1, 0.15) is 0 Å². The molecule has 1 aliphatic carbocycles. The van der Waals surface area contributed by atoms with Crippen LogP contribution in [-0.2, 0) is 0 Å². The minimum Gasteiger partial charge on any atom is -1.00 e. The summed E-state index contributed by atoms with van der Waals surface area (Å²) in [4.78, 5) is 0. The number of rotatable bonds is 0. The fourth-order valence-electron chi connectivity index (χ4n) is 0.181. The van der Waals surface area contributed by atoms with Gasteiger partial charge in [-0.25, -0.2) is 0 Å². The number of hydrogen-bond donors (Lipinski definition) is 1. The van der Waals surface area contributed by atoms with Gasteiger partial charge in [0.15, 0.2) is 0 Å². The molecule has 0 bridgehead atoms. The molecule has 2 heteroatoms. The molecule has 0 aromatic carbocycles. The second kappa shape index (κ2) is 1.83. The van der Waals surface area contributed by atoms with E-state index in [1.165, 1.54) is 0 Å². The van der Waals surface area contributed by atoms with Crippen molar-refractivity contribution in [1.29, 1.82) is 0 Å². The average Bonchev–Trinajstić information content (AvgIpc) is 1.76. The minimum absolute atomic E-state index is 0. The number of aliphatic hydroxyl groups is 1. The van der Waals surface area contributed by atoms with E-state index in [1.54, 1.807) is 0 Å². The third-order valence-corrected chi connectivity index (χ3v) is 0.974. The van der Waals surface area contributed by atoms with Crippen LogP contribution in [0, 0.1) is 0 Å². The SMILES string of the molecule is CC1(O)CC1.[H-].[Na+]. The van der Waals surface area contributed by atoms with E-state index in [4.69, 9.17) is 5.11 Å². The molecule has 0 saturated heterocycles. The van der Waals surface area contributed by atoms with Crippen molar-refractivity contribution in [1.82, 2.24) is 0 Å². The summed E-state index contributed by atoms with van der Waals surface area (Å²) < 4.78 is 0. The van der Waals surface area contributed by atoms with E-state index in [9.17, 15) is 0 Å². The van der Waals surface area contributed by atoms with E-state index in [0.717, 1.165) is 12.8 Å². The van der Waals surface area contributed by atoms with Gasteiger partial charge in [-0.1, -0.05) is 0 Å². The van der Waals surface area contributed by atoms with Crippen LogP contribution in [0.15, 0.2) is 0 Å². The standard InChI is InChI=1S/C4H8O.Na.H/c1-4(5)2-3-4;;/h5H,2-3H2,1H3;;/q;+1;-1. The Labute approximate surface area is 61.5 Å². The maximum Gasteiger partial charge on any atom is 1.00 e. The first-order chi connectivity index (χ1) is 2.21. The van der Waals surface area contributed by atoms with Crippen LogP contribution in [-0.4, -0.2) is 10.7 Å². The van der Waals surface area contributed by atoms with Crippen LogP contribution in [0.5, 0.6) is 0 Å². The predicted octanol–water partition coefficient (Wildman–Crippen LogP) is -2.35. The van der Waals surface area contributed by atoms with Crippen LogP contribution in [0.2, 0.25) is 0 Å². The fraction of sp³-hybridized carbons (Fsp3) is 1.00. The van der Waals surface area contributed by atoms with E-state index in [1.807, 2.05) is 6.92 Å². The summed E-state index contributed by atoms with van der Waals surface area (Å²) in [7, 11) is 0. The molecule has 1 N–H and O–H groups in total. The minimum atomic E-state index is -0.250. The van der Waals surface area contributed by atoms with Gasteiger partial charge in [-0.15, -0.1) is 0 Å². The Hall–Kier alpha value is 0.960. The zero-order chi connectivity index (χ0) is 3.91. The van der Waals surface area contributed by atoms with Gasteiger partial charge in [0, 0.05) is 0 Å². The molecule has 0 atom stereocenters. The third kappa shape index (κ3) is 2.19. The van der Waals surface area contributed by atoms with E-state index >= 15 is 0 Å². The Balaban J connectivity index is 0. The maximum absolute atomic E-state index is 8.63. The largest absolute Gasteiger partial charge is 1.00 e. The monoisotopic (exact) mass is 96.1 g/mol. The summed E-state index contributed by atoms with van der Waals surface area (Å²) in [6, 6.07) is 0. The molecule has 0 heterocycles. The van der Waals surface area contributed by atoms with E-state index in [0.29, 0.717) is 0 Å². The molecule has 0 aromatic heterocycles. The molecule has 6 heavy (non-hydrogen) atoms.